The number of hydrogen-bond acceptors (Lipinski definition) is 6. The maximum absolute atomic E-state index is 12.9. The van der Waals surface area contributed by atoms with Gasteiger partial charge in [-0.1, -0.05) is 51.0 Å². The number of rotatable bonds is 9. The quantitative estimate of drug-likeness (QED) is 0.268. The lowest BCUT2D eigenvalue weighted by Gasteiger charge is -2.26. The van der Waals surface area contributed by atoms with E-state index in [0.717, 1.165) is 36.6 Å². The van der Waals surface area contributed by atoms with Crippen LogP contribution in [0.1, 0.15) is 91.4 Å². The predicted octanol–water partition coefficient (Wildman–Crippen LogP) is 7.01. The molecule has 1 aromatic carbocycles. The fraction of sp³-hybridized carbons (Fsp3) is 0.419. The third kappa shape index (κ3) is 5.87. The Kier molecular flexibility index (Phi) is 8.01. The zero-order valence-corrected chi connectivity index (χ0v) is 22.5. The molecular formula is C31H38N6O. The summed E-state index contributed by atoms with van der Waals surface area (Å²) in [4.78, 5) is 26.9. The molecule has 3 N–H and O–H groups in total. The molecule has 1 amide bonds. The Labute approximate surface area is 225 Å². The van der Waals surface area contributed by atoms with E-state index in [1.54, 1.807) is 12.3 Å². The number of aryl methyl sites for hydroxylation is 1. The van der Waals surface area contributed by atoms with E-state index in [2.05, 4.69) is 76.7 Å². The molecule has 2 aliphatic rings. The number of fused-ring (bicyclic) bond motifs is 1. The highest BCUT2D eigenvalue weighted by molar-refractivity contribution is 5.99. The second kappa shape index (κ2) is 11.8. The minimum atomic E-state index is -0.266. The van der Waals surface area contributed by atoms with Crippen molar-refractivity contribution in [3.63, 3.8) is 0 Å². The lowest BCUT2D eigenvalue weighted by Crippen LogP contribution is -2.25. The fourth-order valence-electron chi connectivity index (χ4n) is 5.65. The van der Waals surface area contributed by atoms with Gasteiger partial charge in [0.15, 0.2) is 0 Å². The largest absolute Gasteiger partial charge is 0.348 e. The number of amides is 1. The van der Waals surface area contributed by atoms with Gasteiger partial charge in [0.25, 0.3) is 5.91 Å². The molecule has 0 saturated heterocycles. The summed E-state index contributed by atoms with van der Waals surface area (Å²) in [5.74, 6) is 3.21. The van der Waals surface area contributed by atoms with E-state index >= 15 is 0 Å². The number of hydrogen-bond donors (Lipinski definition) is 3. The van der Waals surface area contributed by atoms with Gasteiger partial charge in [-0.25, -0.2) is 9.97 Å². The molecule has 7 heteroatoms. The van der Waals surface area contributed by atoms with Crippen molar-refractivity contribution in [2.24, 2.45) is 5.92 Å². The summed E-state index contributed by atoms with van der Waals surface area (Å²) in [5, 5.41) is 9.43. The van der Waals surface area contributed by atoms with E-state index in [-0.39, 0.29) is 5.91 Å². The van der Waals surface area contributed by atoms with Gasteiger partial charge in [-0.3, -0.25) is 4.79 Å². The van der Waals surface area contributed by atoms with E-state index in [9.17, 15) is 4.79 Å². The number of carbonyl (C=O) groups is 1. The molecule has 2 aliphatic carbocycles. The molecule has 38 heavy (non-hydrogen) atoms. The number of benzene rings is 1. The summed E-state index contributed by atoms with van der Waals surface area (Å²) in [6.07, 6.45) is 11.6. The number of carbonyl (C=O) groups excluding carboxylic acids is 1. The van der Waals surface area contributed by atoms with Crippen LogP contribution in [0.5, 0.6) is 0 Å². The lowest BCUT2D eigenvalue weighted by molar-refractivity contribution is 0.0958. The molecule has 7 nitrogen and oxygen atoms in total. The van der Waals surface area contributed by atoms with Crippen LogP contribution in [0.4, 0.5) is 23.3 Å². The van der Waals surface area contributed by atoms with Crippen LogP contribution in [0.25, 0.3) is 0 Å². The van der Waals surface area contributed by atoms with E-state index in [0.29, 0.717) is 41.5 Å². The van der Waals surface area contributed by atoms with Crippen molar-refractivity contribution in [3.05, 3.63) is 77.6 Å². The van der Waals surface area contributed by atoms with E-state index in [1.165, 1.54) is 36.8 Å². The van der Waals surface area contributed by atoms with Gasteiger partial charge in [0.2, 0.25) is 5.95 Å². The molecule has 2 aromatic heterocycles. The van der Waals surface area contributed by atoms with Gasteiger partial charge < -0.3 is 16.0 Å². The third-order valence-electron chi connectivity index (χ3n) is 7.99. The van der Waals surface area contributed by atoms with Crippen LogP contribution in [0.2, 0.25) is 0 Å². The molecule has 0 bridgehead atoms. The maximum atomic E-state index is 12.9. The predicted molar refractivity (Wildman–Crippen MR) is 154 cm³/mol. The van der Waals surface area contributed by atoms with E-state index < -0.39 is 0 Å². The summed E-state index contributed by atoms with van der Waals surface area (Å²) < 4.78 is 0. The molecule has 0 aliphatic heterocycles. The fourth-order valence-corrected chi connectivity index (χ4v) is 5.65. The Bertz CT molecular complexity index is 1280. The molecule has 1 saturated carbocycles. The molecule has 1 unspecified atom stereocenters. The van der Waals surface area contributed by atoms with Gasteiger partial charge in [-0.15, -0.1) is 6.58 Å². The monoisotopic (exact) mass is 510 g/mol. The molecule has 0 spiro atoms. The first kappa shape index (κ1) is 25.9. The summed E-state index contributed by atoms with van der Waals surface area (Å²) >= 11 is 0. The molecule has 5 rings (SSSR count). The second-order valence-electron chi connectivity index (χ2n) is 10.7. The van der Waals surface area contributed by atoms with Crippen LogP contribution in [-0.2, 0) is 6.42 Å². The van der Waals surface area contributed by atoms with Gasteiger partial charge in [-0.05, 0) is 73.3 Å². The molecule has 1 atom stereocenters. The van der Waals surface area contributed by atoms with Crippen molar-refractivity contribution in [1.29, 1.82) is 0 Å². The van der Waals surface area contributed by atoms with Crippen LogP contribution >= 0.6 is 0 Å². The zero-order chi connectivity index (χ0) is 26.5. The van der Waals surface area contributed by atoms with Crippen molar-refractivity contribution < 1.29 is 4.79 Å². The Morgan fingerprint density at radius 3 is 2.55 bits per heavy atom. The Balaban J connectivity index is 1.36. The SMILES string of the molecule is C=CCNC(=O)c1cnc(Nc2ccc(C3CCC(C)CC3)cc2)nc1Nc1ccc2c(n1)C(CC)CC2. The average Bonchev–Trinajstić information content (AvgIpc) is 3.35. The van der Waals surface area contributed by atoms with Crippen molar-refractivity contribution in [2.45, 2.75) is 70.6 Å². The molecule has 3 aromatic rings. The molecule has 198 valence electrons. The minimum absolute atomic E-state index is 0.266. The number of nitrogens with zero attached hydrogens (tertiary/aromatic N) is 3. The molecular weight excluding hydrogens is 472 g/mol. The van der Waals surface area contributed by atoms with Crippen LogP contribution in [0.15, 0.2) is 55.3 Å². The maximum Gasteiger partial charge on any atom is 0.256 e. The second-order valence-corrected chi connectivity index (χ2v) is 10.7. The highest BCUT2D eigenvalue weighted by Crippen LogP contribution is 2.37. The topological polar surface area (TPSA) is 91.8 Å². The normalized spacial score (nSPS) is 20.4. The highest BCUT2D eigenvalue weighted by atomic mass is 16.1. The Hall–Kier alpha value is -3.74. The summed E-state index contributed by atoms with van der Waals surface area (Å²) in [6.45, 7) is 8.60. The third-order valence-corrected chi connectivity index (χ3v) is 7.99. The van der Waals surface area contributed by atoms with Crippen LogP contribution in [0, 0.1) is 5.92 Å². The lowest BCUT2D eigenvalue weighted by atomic mass is 9.79. The van der Waals surface area contributed by atoms with Crippen molar-refractivity contribution in [1.82, 2.24) is 20.3 Å². The smallest absolute Gasteiger partial charge is 0.256 e. The highest BCUT2D eigenvalue weighted by Gasteiger charge is 2.24. The van der Waals surface area contributed by atoms with Crippen molar-refractivity contribution in [2.75, 3.05) is 17.2 Å². The van der Waals surface area contributed by atoms with E-state index in [1.807, 2.05) is 6.07 Å². The standard InChI is InChI=1S/C31H38N6O/c1-4-18-32-30(38)26-19-33-31(34-25-15-12-23(13-16-25)22-8-6-20(3)7-9-22)37-29(26)36-27-17-14-24-11-10-21(5-2)28(24)35-27/h4,12-17,19-22H,1,5-11,18H2,2-3H3,(H,32,38)(H2,33,34,35,36,37). The number of anilines is 4. The number of aromatic nitrogens is 3. The van der Waals surface area contributed by atoms with Gasteiger partial charge in [-0.2, -0.15) is 4.98 Å². The first-order valence-electron chi connectivity index (χ1n) is 13.9. The van der Waals surface area contributed by atoms with Gasteiger partial charge in [0, 0.05) is 30.0 Å². The Morgan fingerprint density at radius 1 is 1.03 bits per heavy atom. The van der Waals surface area contributed by atoms with Gasteiger partial charge in [0.1, 0.15) is 17.2 Å². The zero-order valence-electron chi connectivity index (χ0n) is 22.5. The molecule has 1 fully saturated rings. The first-order valence-corrected chi connectivity index (χ1v) is 13.9. The van der Waals surface area contributed by atoms with Crippen molar-refractivity contribution in [3.8, 4) is 0 Å². The summed E-state index contributed by atoms with van der Waals surface area (Å²) in [6, 6.07) is 12.7. The van der Waals surface area contributed by atoms with Crippen LogP contribution in [-0.4, -0.2) is 27.4 Å². The van der Waals surface area contributed by atoms with Gasteiger partial charge >= 0.3 is 0 Å². The molecule has 2 heterocycles. The average molecular weight is 511 g/mol. The number of pyridine rings is 1. The Morgan fingerprint density at radius 2 is 1.82 bits per heavy atom. The van der Waals surface area contributed by atoms with Crippen molar-refractivity contribution >= 4 is 29.2 Å². The van der Waals surface area contributed by atoms with Crippen LogP contribution in [0.3, 0.4) is 0 Å². The first-order chi connectivity index (χ1) is 18.5. The van der Waals surface area contributed by atoms with Gasteiger partial charge in [0.05, 0.1) is 0 Å². The minimum Gasteiger partial charge on any atom is -0.348 e. The summed E-state index contributed by atoms with van der Waals surface area (Å²) in [7, 11) is 0. The van der Waals surface area contributed by atoms with E-state index in [4.69, 9.17) is 4.98 Å². The molecule has 0 radical (unpaired) electrons. The summed E-state index contributed by atoms with van der Waals surface area (Å²) in [5.41, 5.74) is 5.12. The number of nitrogens with one attached hydrogen (secondary N) is 3. The van der Waals surface area contributed by atoms with Crippen LogP contribution < -0.4 is 16.0 Å².